The molecular weight excluding hydrogens is 190 g/mol. The van der Waals surface area contributed by atoms with E-state index in [1.165, 1.54) is 12.8 Å². The van der Waals surface area contributed by atoms with Gasteiger partial charge in [0.2, 0.25) is 5.89 Å². The Hall–Kier alpha value is -0.900. The van der Waals surface area contributed by atoms with E-state index in [2.05, 4.69) is 22.4 Å². The van der Waals surface area contributed by atoms with Crippen LogP contribution in [0.4, 0.5) is 0 Å². The van der Waals surface area contributed by atoms with E-state index in [0.29, 0.717) is 5.92 Å². The lowest BCUT2D eigenvalue weighted by atomic mass is 9.80. The van der Waals surface area contributed by atoms with E-state index in [1.807, 2.05) is 0 Å². The summed E-state index contributed by atoms with van der Waals surface area (Å²) in [6, 6.07) is 0. The van der Waals surface area contributed by atoms with Crippen LogP contribution in [0.1, 0.15) is 50.2 Å². The molecule has 0 atom stereocenters. The van der Waals surface area contributed by atoms with Gasteiger partial charge in [0.1, 0.15) is 0 Å². The van der Waals surface area contributed by atoms with E-state index >= 15 is 0 Å². The maximum absolute atomic E-state index is 5.33. The molecule has 0 radical (unpaired) electrons. The minimum Gasteiger partial charge on any atom is -0.339 e. The van der Waals surface area contributed by atoms with Crippen LogP contribution in [0.2, 0.25) is 0 Å². The highest BCUT2D eigenvalue weighted by Gasteiger charge is 2.36. The highest BCUT2D eigenvalue weighted by Crippen LogP contribution is 2.40. The van der Waals surface area contributed by atoms with Gasteiger partial charge < -0.3 is 9.84 Å². The van der Waals surface area contributed by atoms with Crippen LogP contribution >= 0.6 is 0 Å². The highest BCUT2D eigenvalue weighted by molar-refractivity contribution is 5.10. The lowest BCUT2D eigenvalue weighted by Crippen LogP contribution is -2.38. The average Bonchev–Trinajstić information content (AvgIpc) is 2.97. The zero-order valence-corrected chi connectivity index (χ0v) is 9.12. The molecule has 1 N–H and O–H groups in total. The zero-order chi connectivity index (χ0) is 10.3. The summed E-state index contributed by atoms with van der Waals surface area (Å²) in [5.41, 5.74) is 0.127. The van der Waals surface area contributed by atoms with Crippen LogP contribution in [0, 0.1) is 0 Å². The van der Waals surface area contributed by atoms with Gasteiger partial charge in [0.25, 0.3) is 0 Å². The molecule has 2 fully saturated rings. The van der Waals surface area contributed by atoms with Crippen LogP contribution in [0.3, 0.4) is 0 Å². The molecule has 1 aliphatic carbocycles. The number of hydrogen-bond donors (Lipinski definition) is 1. The first-order chi connectivity index (χ1) is 7.28. The largest absolute Gasteiger partial charge is 0.339 e. The standard InChI is InChI=1S/C11H17N3O/c1-11(4-6-12-7-5-11)10-13-9(15-14-10)8-2-3-8/h8,12H,2-7H2,1H3. The van der Waals surface area contributed by atoms with Crippen molar-refractivity contribution in [2.75, 3.05) is 13.1 Å². The van der Waals surface area contributed by atoms with Crippen LogP contribution in [-0.2, 0) is 5.41 Å². The Bertz CT molecular complexity index is 350. The number of rotatable bonds is 2. The topological polar surface area (TPSA) is 51.0 Å². The second-order valence-electron chi connectivity index (χ2n) is 5.04. The summed E-state index contributed by atoms with van der Waals surface area (Å²) in [5, 5.41) is 7.52. The van der Waals surface area contributed by atoms with Crippen molar-refractivity contribution in [1.82, 2.24) is 15.5 Å². The molecule has 1 aliphatic heterocycles. The van der Waals surface area contributed by atoms with Crippen molar-refractivity contribution in [2.45, 2.75) is 43.9 Å². The third-order valence-corrected chi connectivity index (χ3v) is 3.62. The van der Waals surface area contributed by atoms with Crippen molar-refractivity contribution in [2.24, 2.45) is 0 Å². The zero-order valence-electron chi connectivity index (χ0n) is 9.12. The van der Waals surface area contributed by atoms with Crippen LogP contribution in [0.15, 0.2) is 4.52 Å². The smallest absolute Gasteiger partial charge is 0.229 e. The Morgan fingerprint density at radius 2 is 2.07 bits per heavy atom. The quantitative estimate of drug-likeness (QED) is 0.800. The molecule has 0 bridgehead atoms. The normalized spacial score (nSPS) is 25.4. The lowest BCUT2D eigenvalue weighted by Gasteiger charge is -2.30. The first kappa shape index (κ1) is 9.33. The summed E-state index contributed by atoms with van der Waals surface area (Å²) in [6.07, 6.45) is 4.66. The van der Waals surface area contributed by atoms with Crippen molar-refractivity contribution < 1.29 is 4.52 Å². The van der Waals surface area contributed by atoms with Gasteiger partial charge in [-0.05, 0) is 38.8 Å². The van der Waals surface area contributed by atoms with E-state index in [-0.39, 0.29) is 5.41 Å². The third-order valence-electron chi connectivity index (χ3n) is 3.62. The average molecular weight is 207 g/mol. The first-order valence-corrected chi connectivity index (χ1v) is 5.83. The Balaban J connectivity index is 1.83. The van der Waals surface area contributed by atoms with Gasteiger partial charge in [-0.2, -0.15) is 4.98 Å². The van der Waals surface area contributed by atoms with Crippen molar-refractivity contribution in [1.29, 1.82) is 0 Å². The van der Waals surface area contributed by atoms with E-state index in [0.717, 1.165) is 37.6 Å². The van der Waals surface area contributed by atoms with E-state index in [4.69, 9.17) is 4.52 Å². The number of piperidine rings is 1. The summed E-state index contributed by atoms with van der Waals surface area (Å²) in [6.45, 7) is 4.36. The Kier molecular flexibility index (Phi) is 2.06. The third kappa shape index (κ3) is 1.67. The summed E-state index contributed by atoms with van der Waals surface area (Å²) < 4.78 is 5.33. The number of nitrogens with zero attached hydrogens (tertiary/aromatic N) is 2. The van der Waals surface area contributed by atoms with Crippen LogP contribution < -0.4 is 5.32 Å². The second kappa shape index (κ2) is 3.30. The molecule has 3 rings (SSSR count). The Morgan fingerprint density at radius 3 is 2.73 bits per heavy atom. The molecule has 82 valence electrons. The van der Waals surface area contributed by atoms with Gasteiger partial charge in [-0.1, -0.05) is 12.1 Å². The molecule has 0 spiro atoms. The number of aromatic nitrogens is 2. The molecule has 15 heavy (non-hydrogen) atoms. The minimum absolute atomic E-state index is 0.127. The molecule has 0 amide bonds. The molecule has 0 aromatic carbocycles. The summed E-state index contributed by atoms with van der Waals surface area (Å²) in [7, 11) is 0. The SMILES string of the molecule is CC1(c2noc(C3CC3)n2)CCNCC1. The van der Waals surface area contributed by atoms with Gasteiger partial charge in [-0.25, -0.2) is 0 Å². The van der Waals surface area contributed by atoms with Crippen LogP contribution in [0.25, 0.3) is 0 Å². The van der Waals surface area contributed by atoms with Gasteiger partial charge in [0.15, 0.2) is 5.82 Å². The Labute approximate surface area is 89.4 Å². The summed E-state index contributed by atoms with van der Waals surface area (Å²) >= 11 is 0. The van der Waals surface area contributed by atoms with E-state index in [1.54, 1.807) is 0 Å². The molecular formula is C11H17N3O. The van der Waals surface area contributed by atoms with Crippen LogP contribution in [0.5, 0.6) is 0 Å². The van der Waals surface area contributed by atoms with Crippen molar-refractivity contribution in [3.05, 3.63) is 11.7 Å². The predicted octanol–water partition coefficient (Wildman–Crippen LogP) is 1.59. The van der Waals surface area contributed by atoms with E-state index < -0.39 is 0 Å². The Morgan fingerprint density at radius 1 is 1.33 bits per heavy atom. The molecule has 1 saturated heterocycles. The fraction of sp³-hybridized carbons (Fsp3) is 0.818. The van der Waals surface area contributed by atoms with E-state index in [9.17, 15) is 0 Å². The molecule has 1 saturated carbocycles. The number of hydrogen-bond acceptors (Lipinski definition) is 4. The fourth-order valence-corrected chi connectivity index (χ4v) is 2.18. The van der Waals surface area contributed by atoms with Gasteiger partial charge in [-0.3, -0.25) is 0 Å². The van der Waals surface area contributed by atoms with Crippen molar-refractivity contribution in [3.63, 3.8) is 0 Å². The maximum Gasteiger partial charge on any atom is 0.229 e. The number of nitrogens with one attached hydrogen (secondary N) is 1. The summed E-state index contributed by atoms with van der Waals surface area (Å²) in [5.74, 6) is 2.35. The monoisotopic (exact) mass is 207 g/mol. The lowest BCUT2D eigenvalue weighted by molar-refractivity contribution is 0.299. The molecule has 0 unspecified atom stereocenters. The van der Waals surface area contributed by atoms with Gasteiger partial charge >= 0.3 is 0 Å². The van der Waals surface area contributed by atoms with Gasteiger partial charge in [0, 0.05) is 11.3 Å². The van der Waals surface area contributed by atoms with Gasteiger partial charge in [0.05, 0.1) is 0 Å². The predicted molar refractivity (Wildman–Crippen MR) is 55.7 cm³/mol. The second-order valence-corrected chi connectivity index (χ2v) is 5.04. The minimum atomic E-state index is 0.127. The maximum atomic E-state index is 5.33. The molecule has 1 aromatic rings. The fourth-order valence-electron chi connectivity index (χ4n) is 2.18. The molecule has 4 heteroatoms. The highest BCUT2D eigenvalue weighted by atomic mass is 16.5. The first-order valence-electron chi connectivity index (χ1n) is 5.83. The van der Waals surface area contributed by atoms with Gasteiger partial charge in [-0.15, -0.1) is 0 Å². The molecule has 2 aliphatic rings. The van der Waals surface area contributed by atoms with Crippen LogP contribution in [-0.4, -0.2) is 23.2 Å². The molecule has 1 aromatic heterocycles. The van der Waals surface area contributed by atoms with Crippen molar-refractivity contribution in [3.8, 4) is 0 Å². The van der Waals surface area contributed by atoms with Crippen molar-refractivity contribution >= 4 is 0 Å². The summed E-state index contributed by atoms with van der Waals surface area (Å²) in [4.78, 5) is 4.56. The molecule has 2 heterocycles. The molecule has 4 nitrogen and oxygen atoms in total.